The van der Waals surface area contributed by atoms with Crippen LogP contribution in [0.3, 0.4) is 0 Å². The quantitative estimate of drug-likeness (QED) is 0.0256. The fraction of sp³-hybridized carbons (Fsp3) is 0.968. The zero-order valence-electron chi connectivity index (χ0n) is 49.6. The van der Waals surface area contributed by atoms with Crippen LogP contribution >= 0.6 is 7.82 Å². The summed E-state index contributed by atoms with van der Waals surface area (Å²) in [4.78, 5) is 37.6. The number of esters is 2. The molecule has 436 valence electrons. The third-order valence-corrected chi connectivity index (χ3v) is 15.8. The third kappa shape index (κ3) is 60.1. The summed E-state index contributed by atoms with van der Waals surface area (Å²) in [5, 5.41) is 0. The predicted molar refractivity (Wildman–Crippen MR) is 310 cm³/mol. The summed E-state index contributed by atoms with van der Waals surface area (Å²) in [5.41, 5.74) is 0. The van der Waals surface area contributed by atoms with Crippen molar-refractivity contribution in [1.82, 2.24) is 0 Å². The minimum atomic E-state index is -4.62. The van der Waals surface area contributed by atoms with Gasteiger partial charge in [-0.2, -0.15) is 0 Å². The first-order valence-corrected chi connectivity index (χ1v) is 33.7. The van der Waals surface area contributed by atoms with Crippen LogP contribution in [0, 0.1) is 0 Å². The first kappa shape index (κ1) is 72.0. The van der Waals surface area contributed by atoms with E-state index < -0.39 is 26.5 Å². The summed E-state index contributed by atoms with van der Waals surface area (Å²) in [5.74, 6) is -0.817. The number of phosphoric acid groups is 1. The average molecular weight is 1060 g/mol. The van der Waals surface area contributed by atoms with Crippen molar-refractivity contribution in [3.63, 3.8) is 0 Å². The lowest BCUT2D eigenvalue weighted by Crippen LogP contribution is -2.37. The number of phosphoric ester groups is 1. The van der Waals surface area contributed by atoms with Gasteiger partial charge in [-0.05, 0) is 12.8 Å². The van der Waals surface area contributed by atoms with E-state index in [9.17, 15) is 19.0 Å². The second-order valence-electron chi connectivity index (χ2n) is 23.5. The van der Waals surface area contributed by atoms with Gasteiger partial charge in [0.2, 0.25) is 0 Å². The van der Waals surface area contributed by atoms with E-state index in [2.05, 4.69) is 13.8 Å². The summed E-state index contributed by atoms with van der Waals surface area (Å²) in [6.07, 6.45) is 65.2. The van der Waals surface area contributed by atoms with E-state index in [0.717, 1.165) is 32.1 Å². The molecule has 0 amide bonds. The van der Waals surface area contributed by atoms with E-state index in [0.29, 0.717) is 17.4 Å². The Morgan fingerprint density at radius 3 is 0.877 bits per heavy atom. The van der Waals surface area contributed by atoms with Crippen LogP contribution in [0.2, 0.25) is 0 Å². The molecule has 0 aromatic rings. The zero-order chi connectivity index (χ0) is 53.5. The molecule has 0 saturated heterocycles. The highest BCUT2D eigenvalue weighted by molar-refractivity contribution is 7.45. The normalized spacial score (nSPS) is 13.1. The summed E-state index contributed by atoms with van der Waals surface area (Å²) in [6, 6.07) is 0. The van der Waals surface area contributed by atoms with Crippen molar-refractivity contribution < 1.29 is 42.1 Å². The summed E-state index contributed by atoms with van der Waals surface area (Å²) >= 11 is 0. The molecule has 0 radical (unpaired) electrons. The molecule has 0 N–H and O–H groups in total. The van der Waals surface area contributed by atoms with Crippen LogP contribution in [0.25, 0.3) is 0 Å². The van der Waals surface area contributed by atoms with Gasteiger partial charge in [0.1, 0.15) is 19.8 Å². The molecule has 0 bridgehead atoms. The van der Waals surface area contributed by atoms with E-state index >= 15 is 0 Å². The maximum Gasteiger partial charge on any atom is 0.306 e. The number of quaternary nitrogens is 1. The number of carbonyl (C=O) groups excluding carboxylic acids is 2. The predicted octanol–water partition coefficient (Wildman–Crippen LogP) is 19.6. The molecular formula is C63H126NO8P. The molecule has 0 aromatic carbocycles. The van der Waals surface area contributed by atoms with Crippen molar-refractivity contribution in [3.05, 3.63) is 0 Å². The van der Waals surface area contributed by atoms with E-state index in [1.807, 2.05) is 21.1 Å². The zero-order valence-corrected chi connectivity index (χ0v) is 50.5. The molecule has 73 heavy (non-hydrogen) atoms. The molecule has 0 aromatic heterocycles. The molecule has 0 spiro atoms. The van der Waals surface area contributed by atoms with E-state index in [-0.39, 0.29) is 32.0 Å². The van der Waals surface area contributed by atoms with Crippen LogP contribution in [0.5, 0.6) is 0 Å². The number of hydrogen-bond donors (Lipinski definition) is 0. The SMILES string of the molecule is CCCCCCCCCCCCCCCCCCCCCCCCCCCCCCCCCCCCCCCCCCC(=O)OC(COC(=O)CCCCCCCCCCC)COP(=O)([O-])OCC[N+](C)(C)C. The highest BCUT2D eigenvalue weighted by atomic mass is 31.2. The van der Waals surface area contributed by atoms with Gasteiger partial charge in [0.15, 0.2) is 6.10 Å². The van der Waals surface area contributed by atoms with Crippen molar-refractivity contribution in [2.24, 2.45) is 0 Å². The van der Waals surface area contributed by atoms with Gasteiger partial charge in [-0.1, -0.05) is 316 Å². The Morgan fingerprint density at radius 1 is 0.370 bits per heavy atom. The molecule has 0 heterocycles. The number of rotatable bonds is 61. The second kappa shape index (κ2) is 55.8. The minimum Gasteiger partial charge on any atom is -0.756 e. The minimum absolute atomic E-state index is 0.0255. The Hall–Kier alpha value is -0.990. The Bertz CT molecular complexity index is 1200. The molecule has 2 atom stereocenters. The number of nitrogens with zero attached hydrogens (tertiary/aromatic N) is 1. The van der Waals surface area contributed by atoms with Crippen molar-refractivity contribution >= 4 is 19.8 Å². The van der Waals surface area contributed by atoms with Crippen molar-refractivity contribution in [1.29, 1.82) is 0 Å². The molecule has 2 unspecified atom stereocenters. The van der Waals surface area contributed by atoms with E-state index in [1.165, 1.54) is 276 Å². The van der Waals surface area contributed by atoms with Gasteiger partial charge in [0.25, 0.3) is 7.82 Å². The molecule has 0 aliphatic carbocycles. The van der Waals surface area contributed by atoms with Crippen LogP contribution in [0.1, 0.15) is 341 Å². The van der Waals surface area contributed by atoms with Crippen molar-refractivity contribution in [2.45, 2.75) is 347 Å². The maximum absolute atomic E-state index is 12.8. The lowest BCUT2D eigenvalue weighted by Gasteiger charge is -2.28. The Balaban J connectivity index is 3.73. The van der Waals surface area contributed by atoms with Crippen LogP contribution in [0.15, 0.2) is 0 Å². The Labute approximate surface area is 454 Å². The van der Waals surface area contributed by atoms with E-state index in [4.69, 9.17) is 18.5 Å². The van der Waals surface area contributed by atoms with Crippen LogP contribution in [0.4, 0.5) is 0 Å². The highest BCUT2D eigenvalue weighted by Gasteiger charge is 2.22. The molecule has 10 heteroatoms. The number of hydrogen-bond acceptors (Lipinski definition) is 8. The number of unbranched alkanes of at least 4 members (excludes halogenated alkanes) is 47. The van der Waals surface area contributed by atoms with Gasteiger partial charge in [-0.25, -0.2) is 0 Å². The van der Waals surface area contributed by atoms with Gasteiger partial charge in [0.05, 0.1) is 27.7 Å². The van der Waals surface area contributed by atoms with Crippen LogP contribution in [-0.2, 0) is 32.7 Å². The van der Waals surface area contributed by atoms with Gasteiger partial charge >= 0.3 is 11.9 Å². The molecule has 0 saturated carbocycles. The van der Waals surface area contributed by atoms with Crippen LogP contribution < -0.4 is 4.89 Å². The Kier molecular flexibility index (Phi) is 55.0. The number of carbonyl (C=O) groups is 2. The first-order valence-electron chi connectivity index (χ1n) is 32.2. The molecule has 0 fully saturated rings. The van der Waals surface area contributed by atoms with Gasteiger partial charge in [0, 0.05) is 12.8 Å². The summed E-state index contributed by atoms with van der Waals surface area (Å²) in [7, 11) is 1.19. The highest BCUT2D eigenvalue weighted by Crippen LogP contribution is 2.38. The second-order valence-corrected chi connectivity index (χ2v) is 24.9. The number of ether oxygens (including phenoxy) is 2. The van der Waals surface area contributed by atoms with Gasteiger partial charge < -0.3 is 27.9 Å². The molecule has 0 rings (SSSR count). The van der Waals surface area contributed by atoms with Crippen LogP contribution in [-0.4, -0.2) is 70.0 Å². The Morgan fingerprint density at radius 2 is 0.616 bits per heavy atom. The van der Waals surface area contributed by atoms with E-state index in [1.54, 1.807) is 0 Å². The standard InChI is InChI=1S/C63H126NO8P/c1-6-8-10-12-14-16-17-18-19-20-21-22-23-24-25-26-27-28-29-30-31-32-33-34-35-36-37-38-39-40-41-42-43-44-45-46-48-50-52-54-56-63(66)72-61(60-71-73(67,68)70-58-57-64(3,4)5)59-69-62(65)55-53-51-49-47-15-13-11-9-7-2/h61H,6-60H2,1-5H3. The summed E-state index contributed by atoms with van der Waals surface area (Å²) < 4.78 is 34.0. The molecule has 0 aliphatic rings. The molecule has 9 nitrogen and oxygen atoms in total. The molecular weight excluding hydrogens is 930 g/mol. The third-order valence-electron chi connectivity index (χ3n) is 14.9. The number of likely N-dealkylation sites (N-methyl/N-ethyl adjacent to an activating group) is 1. The fourth-order valence-electron chi connectivity index (χ4n) is 9.90. The average Bonchev–Trinajstić information content (AvgIpc) is 3.35. The topological polar surface area (TPSA) is 111 Å². The summed E-state index contributed by atoms with van der Waals surface area (Å²) in [6.45, 7) is 4.27. The first-order chi connectivity index (χ1) is 35.5. The fourth-order valence-corrected chi connectivity index (χ4v) is 10.6. The van der Waals surface area contributed by atoms with Crippen molar-refractivity contribution in [3.8, 4) is 0 Å². The van der Waals surface area contributed by atoms with Crippen molar-refractivity contribution in [2.75, 3.05) is 47.5 Å². The largest absolute Gasteiger partial charge is 0.756 e. The lowest BCUT2D eigenvalue weighted by molar-refractivity contribution is -0.870. The maximum atomic E-state index is 12.8. The monoisotopic (exact) mass is 1060 g/mol. The van der Waals surface area contributed by atoms with Gasteiger partial charge in [-0.15, -0.1) is 0 Å². The van der Waals surface area contributed by atoms with Gasteiger partial charge in [-0.3, -0.25) is 14.2 Å². The smallest absolute Gasteiger partial charge is 0.306 e. The lowest BCUT2D eigenvalue weighted by atomic mass is 10.0. The molecule has 0 aliphatic heterocycles.